The number of ether oxygens (including phenoxy) is 2. The summed E-state index contributed by atoms with van der Waals surface area (Å²) in [6.45, 7) is 11.3. The highest BCUT2D eigenvalue weighted by Crippen LogP contribution is 2.46. The highest BCUT2D eigenvalue weighted by Gasteiger charge is 2.48. The predicted molar refractivity (Wildman–Crippen MR) is 207 cm³/mol. The summed E-state index contributed by atoms with van der Waals surface area (Å²) in [6.07, 6.45) is 4.93. The van der Waals surface area contributed by atoms with Gasteiger partial charge in [0.05, 0.1) is 29.3 Å². The van der Waals surface area contributed by atoms with Crippen molar-refractivity contribution in [3.63, 3.8) is 0 Å². The summed E-state index contributed by atoms with van der Waals surface area (Å²) in [7, 11) is 8.17. The Kier molecular flexibility index (Phi) is 9.14. The fourth-order valence-electron chi connectivity index (χ4n) is 8.45. The van der Waals surface area contributed by atoms with Crippen molar-refractivity contribution in [3.8, 4) is 23.1 Å². The Morgan fingerprint density at radius 3 is 2.74 bits per heavy atom. The largest absolute Gasteiger partial charge is 0.475 e. The fourth-order valence-corrected chi connectivity index (χ4v) is 9.14. The van der Waals surface area contributed by atoms with E-state index in [1.165, 1.54) is 0 Å². The van der Waals surface area contributed by atoms with Crippen LogP contribution in [0.2, 0.25) is 0 Å². The number of pyridine rings is 2. The standard InChI is InChI=1S/C34H44B2F2N8O2P2/c1-17-14-33(8-6-10-44(33)15-17)16-48-32-42-27-24-30(43-32)45(20(4)21-7-5-9-40-29(21)39)11-12-47-31(24)41-26(28(27)49)22-13-23(46(36)50)18(2)19(3)25(22)34(35,37)38/h5,7,9,13,17,20H,6,8,10-12,14-16,35-36,49-50H2,1-4H3,(H2,39,40)/t17?,20?,33-/m0/s1. The second-order valence-electron chi connectivity index (χ2n) is 14.4. The van der Waals surface area contributed by atoms with Crippen LogP contribution < -0.4 is 30.0 Å². The second kappa shape index (κ2) is 13.0. The van der Waals surface area contributed by atoms with E-state index >= 15 is 8.78 Å². The van der Waals surface area contributed by atoms with E-state index in [4.69, 9.17) is 30.2 Å². The van der Waals surface area contributed by atoms with Crippen molar-refractivity contribution in [2.45, 2.75) is 64.4 Å². The first-order chi connectivity index (χ1) is 23.7. The molecule has 0 amide bonds. The number of anilines is 3. The van der Waals surface area contributed by atoms with Crippen LogP contribution >= 0.6 is 18.6 Å². The Morgan fingerprint density at radius 2 is 2.02 bits per heavy atom. The van der Waals surface area contributed by atoms with Crippen LogP contribution in [0.4, 0.5) is 26.1 Å². The fraction of sp³-hybridized carbons (Fsp3) is 0.471. The minimum atomic E-state index is -3.14. The molecule has 2 saturated heterocycles. The molecular weight excluding hydrogens is 674 g/mol. The van der Waals surface area contributed by atoms with E-state index in [1.807, 2.05) is 31.6 Å². The molecule has 1 aromatic carbocycles. The lowest BCUT2D eigenvalue weighted by Crippen LogP contribution is -2.43. The maximum Gasteiger partial charge on any atom is 0.319 e. The summed E-state index contributed by atoms with van der Waals surface area (Å²) in [6, 6.07) is 5.59. The lowest BCUT2D eigenvalue weighted by atomic mass is 9.81. The molecule has 0 aliphatic carbocycles. The highest BCUT2D eigenvalue weighted by molar-refractivity contribution is 7.28. The Labute approximate surface area is 298 Å². The smallest absolute Gasteiger partial charge is 0.319 e. The van der Waals surface area contributed by atoms with Crippen LogP contribution in [0.3, 0.4) is 0 Å². The molecule has 2 fully saturated rings. The van der Waals surface area contributed by atoms with Gasteiger partial charge in [0.15, 0.2) is 7.85 Å². The first-order valence-electron chi connectivity index (χ1n) is 17.2. The van der Waals surface area contributed by atoms with Crippen LogP contribution in [0.5, 0.6) is 11.9 Å². The van der Waals surface area contributed by atoms with Crippen LogP contribution in [-0.2, 0) is 5.82 Å². The van der Waals surface area contributed by atoms with Gasteiger partial charge in [0.1, 0.15) is 30.2 Å². The van der Waals surface area contributed by atoms with Crippen LogP contribution in [0, 0.1) is 19.8 Å². The zero-order chi connectivity index (χ0) is 35.7. The van der Waals surface area contributed by atoms with Gasteiger partial charge < -0.3 is 24.7 Å². The molecule has 6 heterocycles. The topological polar surface area (TPSA) is 106 Å². The average molecular weight is 718 g/mol. The molecule has 0 bridgehead atoms. The number of hydrogen-bond acceptors (Lipinski definition) is 10. The van der Waals surface area contributed by atoms with E-state index < -0.39 is 5.82 Å². The number of halogens is 2. The molecule has 0 saturated carbocycles. The number of fused-ring (bicyclic) bond motifs is 1. The van der Waals surface area contributed by atoms with Gasteiger partial charge in [-0.05, 0) is 75.8 Å². The van der Waals surface area contributed by atoms with Gasteiger partial charge in [0.25, 0.3) is 0 Å². The monoisotopic (exact) mass is 718 g/mol. The summed E-state index contributed by atoms with van der Waals surface area (Å²) in [4.78, 5) is 24.1. The van der Waals surface area contributed by atoms with Gasteiger partial charge in [0.2, 0.25) is 19.7 Å². The molecule has 0 spiro atoms. The number of nitrogens with two attached hydrogens (primary N) is 1. The number of hydrogen-bond donors (Lipinski definition) is 1. The molecular formula is C34H44B2F2N8O2P2. The Morgan fingerprint density at radius 1 is 1.24 bits per heavy atom. The Hall–Kier alpha value is -3.33. The van der Waals surface area contributed by atoms with Crippen molar-refractivity contribution in [1.82, 2.24) is 24.8 Å². The number of nitrogen functional groups attached to an aromatic ring is 1. The quantitative estimate of drug-likeness (QED) is 0.214. The van der Waals surface area contributed by atoms with Crippen molar-refractivity contribution >= 4 is 68.0 Å². The summed E-state index contributed by atoms with van der Waals surface area (Å²) >= 11 is 0. The lowest BCUT2D eigenvalue weighted by Gasteiger charge is -2.32. The number of nitrogens with zero attached hydrogens (tertiary/aromatic N) is 7. The second-order valence-corrected chi connectivity index (χ2v) is 15.7. The molecule has 3 aliphatic heterocycles. The van der Waals surface area contributed by atoms with Gasteiger partial charge in [-0.15, -0.1) is 9.24 Å². The van der Waals surface area contributed by atoms with Gasteiger partial charge in [0, 0.05) is 40.4 Å². The van der Waals surface area contributed by atoms with E-state index in [9.17, 15) is 0 Å². The summed E-state index contributed by atoms with van der Waals surface area (Å²) < 4.78 is 45.9. The Bertz CT molecular complexity index is 1990. The first kappa shape index (κ1) is 35.1. The molecule has 3 aromatic heterocycles. The summed E-state index contributed by atoms with van der Waals surface area (Å²) in [5.41, 5.74) is 10.3. The predicted octanol–water partition coefficient (Wildman–Crippen LogP) is 3.83. The maximum absolute atomic E-state index is 15.6. The number of alkyl halides is 2. The van der Waals surface area contributed by atoms with E-state index in [2.05, 4.69) is 47.3 Å². The molecule has 16 heteroatoms. The molecule has 3 aliphatic rings. The van der Waals surface area contributed by atoms with Gasteiger partial charge in [-0.1, -0.05) is 22.4 Å². The number of rotatable bonds is 8. The maximum atomic E-state index is 15.6. The van der Waals surface area contributed by atoms with Crippen molar-refractivity contribution in [1.29, 1.82) is 0 Å². The minimum Gasteiger partial charge on any atom is -0.475 e. The number of aromatic nitrogens is 4. The summed E-state index contributed by atoms with van der Waals surface area (Å²) in [5, 5.41) is 1.14. The average Bonchev–Trinajstić information content (AvgIpc) is 3.51. The van der Waals surface area contributed by atoms with Crippen molar-refractivity contribution < 1.29 is 18.3 Å². The molecule has 4 unspecified atom stereocenters. The zero-order valence-corrected chi connectivity index (χ0v) is 31.9. The van der Waals surface area contributed by atoms with E-state index in [0.717, 1.165) is 57.0 Å². The molecule has 7 rings (SSSR count). The third-order valence-corrected chi connectivity index (χ3v) is 11.7. The van der Waals surface area contributed by atoms with Crippen molar-refractivity contribution in [3.05, 3.63) is 46.6 Å². The van der Waals surface area contributed by atoms with E-state index in [0.29, 0.717) is 63.7 Å². The lowest BCUT2D eigenvalue weighted by molar-refractivity contribution is 0.0940. The van der Waals surface area contributed by atoms with Crippen LogP contribution in [0.1, 0.15) is 61.4 Å². The molecule has 5 atom stereocenters. The molecule has 262 valence electrons. The first-order valence-corrected chi connectivity index (χ1v) is 18.3. The normalized spacial score (nSPS) is 21.2. The Balaban J connectivity index is 1.45. The zero-order valence-electron chi connectivity index (χ0n) is 29.6. The molecule has 2 N–H and O–H groups in total. The molecule has 10 nitrogen and oxygen atoms in total. The third-order valence-electron chi connectivity index (χ3n) is 10.9. The number of benzene rings is 1. The highest BCUT2D eigenvalue weighted by atomic mass is 31.0. The van der Waals surface area contributed by atoms with Gasteiger partial charge in [-0.2, -0.15) is 9.97 Å². The summed E-state index contributed by atoms with van der Waals surface area (Å²) in [5.74, 6) is -1.25. The van der Waals surface area contributed by atoms with Crippen LogP contribution in [0.25, 0.3) is 22.2 Å². The van der Waals surface area contributed by atoms with Gasteiger partial charge in [-0.3, -0.25) is 4.90 Å². The molecule has 0 radical (unpaired) electrons. The third kappa shape index (κ3) is 5.95. The minimum absolute atomic E-state index is 0.0495. The van der Waals surface area contributed by atoms with E-state index in [-0.39, 0.29) is 35.6 Å². The molecule has 50 heavy (non-hydrogen) atoms. The van der Waals surface area contributed by atoms with Crippen LogP contribution in [-0.4, -0.2) is 79.1 Å². The van der Waals surface area contributed by atoms with E-state index in [1.54, 1.807) is 19.2 Å². The SMILES string of the molecule is BN(P)c1cc(-c2nc3c4c(nc(OC[C@@]56CCCN5CC(C)C6)nc4c2P)N(C(C)c2cccnc2N)CCO3)c(C(B)(F)F)c(C)c1C. The van der Waals surface area contributed by atoms with Crippen molar-refractivity contribution in [2.75, 3.05) is 48.1 Å². The van der Waals surface area contributed by atoms with Gasteiger partial charge in [-0.25, -0.2) is 18.7 Å². The van der Waals surface area contributed by atoms with Crippen LogP contribution in [0.15, 0.2) is 24.4 Å². The van der Waals surface area contributed by atoms with Crippen molar-refractivity contribution in [2.24, 2.45) is 5.92 Å². The van der Waals surface area contributed by atoms with Gasteiger partial charge >= 0.3 is 6.01 Å². The molecule has 4 aromatic rings.